The van der Waals surface area contributed by atoms with Crippen molar-refractivity contribution in [3.63, 3.8) is 0 Å². The molecule has 2 atom stereocenters. The monoisotopic (exact) mass is 394 g/mol. The summed E-state index contributed by atoms with van der Waals surface area (Å²) in [6, 6.07) is 0. The molecule has 2 heterocycles. The number of likely N-dealkylation sites (tertiary alicyclic amines) is 1. The van der Waals surface area contributed by atoms with E-state index in [4.69, 9.17) is 0 Å². The number of rotatable bonds is 3. The van der Waals surface area contributed by atoms with Gasteiger partial charge in [-0.3, -0.25) is 9.89 Å². The predicted molar refractivity (Wildman–Crippen MR) is 96.9 cm³/mol. The maximum Gasteiger partial charge on any atom is 0.191 e. The van der Waals surface area contributed by atoms with E-state index < -0.39 is 0 Å². The highest BCUT2D eigenvalue weighted by atomic mass is 127. The number of aliphatic imine (C=N–C) groups is 1. The minimum Gasteiger partial charge on any atom is -0.356 e. The maximum absolute atomic E-state index is 4.48. The lowest BCUT2D eigenvalue weighted by atomic mass is 9.88. The lowest BCUT2D eigenvalue weighted by molar-refractivity contribution is 0.0483. The molecule has 0 radical (unpaired) electrons. The molecule has 0 spiro atoms. The minimum absolute atomic E-state index is 0. The van der Waals surface area contributed by atoms with E-state index in [1.54, 1.807) is 0 Å². The van der Waals surface area contributed by atoms with Crippen molar-refractivity contribution >= 4 is 29.9 Å². The molecule has 0 aliphatic carbocycles. The molecule has 2 unspecified atom stereocenters. The highest BCUT2D eigenvalue weighted by Crippen LogP contribution is 2.26. The molecular formula is C15H31IN4. The molecule has 0 bridgehead atoms. The van der Waals surface area contributed by atoms with E-state index in [0.717, 1.165) is 43.9 Å². The van der Waals surface area contributed by atoms with E-state index in [2.05, 4.69) is 48.2 Å². The smallest absolute Gasteiger partial charge is 0.191 e. The number of nitrogens with zero attached hydrogens (tertiary/aromatic N) is 2. The molecule has 0 aromatic rings. The van der Waals surface area contributed by atoms with Crippen LogP contribution in [0.3, 0.4) is 0 Å². The van der Waals surface area contributed by atoms with Crippen LogP contribution in [0.1, 0.15) is 40.5 Å². The van der Waals surface area contributed by atoms with E-state index in [1.165, 1.54) is 19.5 Å². The topological polar surface area (TPSA) is 39.7 Å². The van der Waals surface area contributed by atoms with Crippen molar-refractivity contribution in [1.29, 1.82) is 0 Å². The Bertz CT molecular complexity index is 320. The first-order chi connectivity index (χ1) is 8.97. The van der Waals surface area contributed by atoms with Gasteiger partial charge in [0.25, 0.3) is 0 Å². The fourth-order valence-electron chi connectivity index (χ4n) is 3.22. The van der Waals surface area contributed by atoms with Gasteiger partial charge in [0, 0.05) is 38.3 Å². The normalized spacial score (nSPS) is 28.1. The second kappa shape index (κ2) is 7.82. The number of guanidine groups is 1. The number of hydrogen-bond acceptors (Lipinski definition) is 4. The van der Waals surface area contributed by atoms with Crippen molar-refractivity contribution in [2.75, 3.05) is 32.7 Å². The lowest BCUT2D eigenvalue weighted by Crippen LogP contribution is -2.57. The van der Waals surface area contributed by atoms with Gasteiger partial charge in [0.1, 0.15) is 0 Å². The Balaban J connectivity index is 0.00000200. The third kappa shape index (κ3) is 5.06. The first kappa shape index (κ1) is 18.0. The number of nitrogens with one attached hydrogen (secondary N) is 2. The van der Waals surface area contributed by atoms with Gasteiger partial charge < -0.3 is 10.6 Å². The molecular weight excluding hydrogens is 363 g/mol. The van der Waals surface area contributed by atoms with Crippen LogP contribution in [-0.4, -0.2) is 49.1 Å². The van der Waals surface area contributed by atoms with Crippen molar-refractivity contribution in [3.8, 4) is 0 Å². The maximum atomic E-state index is 4.48. The molecule has 1 saturated heterocycles. The van der Waals surface area contributed by atoms with Gasteiger partial charge >= 0.3 is 0 Å². The highest BCUT2D eigenvalue weighted by Gasteiger charge is 2.32. The summed E-state index contributed by atoms with van der Waals surface area (Å²) >= 11 is 0. The van der Waals surface area contributed by atoms with E-state index in [1.807, 2.05) is 0 Å². The molecule has 2 N–H and O–H groups in total. The van der Waals surface area contributed by atoms with Gasteiger partial charge in [-0.05, 0) is 38.5 Å². The van der Waals surface area contributed by atoms with Crippen molar-refractivity contribution < 1.29 is 0 Å². The third-order valence-electron chi connectivity index (χ3n) is 4.31. The van der Waals surface area contributed by atoms with Crippen molar-refractivity contribution in [2.45, 2.75) is 46.1 Å². The van der Waals surface area contributed by atoms with Gasteiger partial charge in [0.05, 0.1) is 0 Å². The molecule has 2 aliphatic heterocycles. The molecule has 2 aliphatic rings. The van der Waals surface area contributed by atoms with Crippen molar-refractivity contribution in [2.24, 2.45) is 16.8 Å². The minimum atomic E-state index is 0. The number of piperidine rings is 1. The van der Waals surface area contributed by atoms with Gasteiger partial charge in [-0.1, -0.05) is 13.8 Å². The van der Waals surface area contributed by atoms with Crippen LogP contribution in [0.4, 0.5) is 0 Å². The summed E-state index contributed by atoms with van der Waals surface area (Å²) < 4.78 is 0. The molecule has 20 heavy (non-hydrogen) atoms. The molecule has 0 saturated carbocycles. The highest BCUT2D eigenvalue weighted by molar-refractivity contribution is 14.0. The summed E-state index contributed by atoms with van der Waals surface area (Å²) in [5.74, 6) is 2.61. The van der Waals surface area contributed by atoms with Crippen molar-refractivity contribution in [1.82, 2.24) is 15.5 Å². The SMILES string of the molecule is CC1CC(C)CN(C(C)(C)CNC2=NCCCN2)C1.I. The quantitative estimate of drug-likeness (QED) is 0.722. The number of halogens is 1. The van der Waals surface area contributed by atoms with Gasteiger partial charge in [-0.25, -0.2) is 0 Å². The fraction of sp³-hybridized carbons (Fsp3) is 0.933. The summed E-state index contributed by atoms with van der Waals surface area (Å²) in [7, 11) is 0. The Labute approximate surface area is 141 Å². The van der Waals surface area contributed by atoms with Crippen LogP contribution in [0.5, 0.6) is 0 Å². The molecule has 0 aromatic heterocycles. The lowest BCUT2D eigenvalue weighted by Gasteiger charge is -2.45. The molecule has 0 aromatic carbocycles. The van der Waals surface area contributed by atoms with Gasteiger partial charge in [-0.2, -0.15) is 0 Å². The second-order valence-electron chi connectivity index (χ2n) is 7.03. The Morgan fingerprint density at radius 1 is 1.30 bits per heavy atom. The van der Waals surface area contributed by atoms with E-state index >= 15 is 0 Å². The molecule has 5 heteroatoms. The molecule has 4 nitrogen and oxygen atoms in total. The average molecular weight is 394 g/mol. The Kier molecular flexibility index (Phi) is 7.04. The summed E-state index contributed by atoms with van der Waals surface area (Å²) in [5, 5.41) is 6.82. The molecule has 0 amide bonds. The Morgan fingerprint density at radius 2 is 1.95 bits per heavy atom. The summed E-state index contributed by atoms with van der Waals surface area (Å²) in [4.78, 5) is 7.12. The van der Waals surface area contributed by atoms with E-state index in [0.29, 0.717) is 0 Å². The van der Waals surface area contributed by atoms with Crippen LogP contribution in [0, 0.1) is 11.8 Å². The van der Waals surface area contributed by atoms with Crippen LogP contribution in [-0.2, 0) is 0 Å². The van der Waals surface area contributed by atoms with E-state index in [-0.39, 0.29) is 29.5 Å². The average Bonchev–Trinajstić information content (AvgIpc) is 2.37. The molecule has 118 valence electrons. The summed E-state index contributed by atoms with van der Waals surface area (Å²) in [6.45, 7) is 14.8. The predicted octanol–water partition coefficient (Wildman–Crippen LogP) is 2.30. The summed E-state index contributed by atoms with van der Waals surface area (Å²) in [5.41, 5.74) is 0.185. The van der Waals surface area contributed by atoms with Crippen molar-refractivity contribution in [3.05, 3.63) is 0 Å². The van der Waals surface area contributed by atoms with Crippen LogP contribution < -0.4 is 10.6 Å². The van der Waals surface area contributed by atoms with Crippen LogP contribution in [0.25, 0.3) is 0 Å². The van der Waals surface area contributed by atoms with Gasteiger partial charge in [-0.15, -0.1) is 24.0 Å². The third-order valence-corrected chi connectivity index (χ3v) is 4.31. The van der Waals surface area contributed by atoms with Crippen LogP contribution in [0.2, 0.25) is 0 Å². The first-order valence-corrected chi connectivity index (χ1v) is 7.74. The zero-order valence-electron chi connectivity index (χ0n) is 13.4. The molecule has 2 rings (SSSR count). The van der Waals surface area contributed by atoms with Gasteiger partial charge in [0.15, 0.2) is 5.96 Å². The number of hydrogen-bond donors (Lipinski definition) is 2. The zero-order chi connectivity index (χ0) is 13.9. The zero-order valence-corrected chi connectivity index (χ0v) is 15.7. The Hall–Kier alpha value is -0.0400. The first-order valence-electron chi connectivity index (χ1n) is 7.74. The second-order valence-corrected chi connectivity index (χ2v) is 7.03. The molecule has 1 fully saturated rings. The van der Waals surface area contributed by atoms with Crippen LogP contribution in [0.15, 0.2) is 4.99 Å². The largest absolute Gasteiger partial charge is 0.356 e. The fourth-order valence-corrected chi connectivity index (χ4v) is 3.22. The Morgan fingerprint density at radius 3 is 2.50 bits per heavy atom. The van der Waals surface area contributed by atoms with Gasteiger partial charge in [0.2, 0.25) is 0 Å². The van der Waals surface area contributed by atoms with Crippen LogP contribution >= 0.6 is 24.0 Å². The van der Waals surface area contributed by atoms with E-state index in [9.17, 15) is 0 Å². The standard InChI is InChI=1S/C15H30N4.HI/c1-12-8-13(2)10-19(9-12)15(3,4)11-18-14-16-6-5-7-17-14;/h12-13H,5-11H2,1-4H3,(H2,16,17,18);1H. The summed E-state index contributed by atoms with van der Waals surface area (Å²) in [6.07, 6.45) is 2.52.